The number of amides is 1. The average molecular weight is 446 g/mol. The fraction of sp³-hybridized carbons (Fsp3) is 0.143. The van der Waals surface area contributed by atoms with Crippen LogP contribution in [0, 0.1) is 0 Å². The average Bonchev–Trinajstić information content (AvgIpc) is 2.77. The Balaban J connectivity index is 1.78. The fourth-order valence-electron chi connectivity index (χ4n) is 2.71. The third-order valence-electron chi connectivity index (χ3n) is 4.25. The van der Waals surface area contributed by atoms with Crippen molar-refractivity contribution in [1.29, 1.82) is 0 Å². The molecule has 1 aromatic heterocycles. The maximum absolute atomic E-state index is 12.9. The van der Waals surface area contributed by atoms with E-state index in [2.05, 4.69) is 15.0 Å². The van der Waals surface area contributed by atoms with Crippen LogP contribution >= 0.6 is 11.6 Å². The summed E-state index contributed by atoms with van der Waals surface area (Å²) in [4.78, 5) is 16.5. The van der Waals surface area contributed by atoms with Gasteiger partial charge in [0.05, 0.1) is 30.8 Å². The summed E-state index contributed by atoms with van der Waals surface area (Å²) in [5.41, 5.74) is 2.11. The van der Waals surface area contributed by atoms with E-state index >= 15 is 0 Å². The van der Waals surface area contributed by atoms with Crippen molar-refractivity contribution in [1.82, 2.24) is 10.3 Å². The highest BCUT2D eigenvalue weighted by atomic mass is 35.5. The van der Waals surface area contributed by atoms with Gasteiger partial charge in [0.15, 0.2) is 0 Å². The van der Waals surface area contributed by atoms with E-state index in [9.17, 15) is 13.2 Å². The maximum atomic E-state index is 12.9. The van der Waals surface area contributed by atoms with Crippen molar-refractivity contribution in [3.05, 3.63) is 83.7 Å². The Bertz CT molecular complexity index is 1130. The van der Waals surface area contributed by atoms with E-state index in [-0.39, 0.29) is 22.7 Å². The van der Waals surface area contributed by atoms with Gasteiger partial charge in [-0.1, -0.05) is 36.4 Å². The van der Waals surface area contributed by atoms with Gasteiger partial charge in [0.1, 0.15) is 10.6 Å². The van der Waals surface area contributed by atoms with E-state index in [1.165, 1.54) is 37.7 Å². The first-order valence-electron chi connectivity index (χ1n) is 8.96. The zero-order valence-electron chi connectivity index (χ0n) is 16.1. The number of aromatic nitrogens is 1. The smallest absolute Gasteiger partial charge is 0.262 e. The minimum atomic E-state index is -4.03. The normalized spacial score (nSPS) is 11.0. The summed E-state index contributed by atoms with van der Waals surface area (Å²) in [7, 11) is -2.57. The number of alkyl halides is 1. The zero-order valence-corrected chi connectivity index (χ0v) is 17.7. The van der Waals surface area contributed by atoms with Gasteiger partial charge in [0.2, 0.25) is 0 Å². The molecule has 7 nitrogen and oxygen atoms in total. The van der Waals surface area contributed by atoms with Crippen molar-refractivity contribution in [3.8, 4) is 5.75 Å². The number of nitrogens with zero attached hydrogens (tertiary/aromatic N) is 1. The Morgan fingerprint density at radius 1 is 1.07 bits per heavy atom. The lowest BCUT2D eigenvalue weighted by Crippen LogP contribution is -2.26. The first kappa shape index (κ1) is 21.6. The lowest BCUT2D eigenvalue weighted by atomic mass is 10.1. The highest BCUT2D eigenvalue weighted by molar-refractivity contribution is 7.92. The van der Waals surface area contributed by atoms with Crippen molar-refractivity contribution in [2.45, 2.75) is 17.3 Å². The summed E-state index contributed by atoms with van der Waals surface area (Å²) >= 11 is 5.78. The molecule has 0 unspecified atom stereocenters. The molecule has 0 bridgehead atoms. The summed E-state index contributed by atoms with van der Waals surface area (Å²) in [5.74, 6) is 0.316. The van der Waals surface area contributed by atoms with Crippen molar-refractivity contribution < 1.29 is 17.9 Å². The van der Waals surface area contributed by atoms with Gasteiger partial charge in [0.25, 0.3) is 15.9 Å². The number of sulfonamides is 1. The second-order valence-corrected chi connectivity index (χ2v) is 8.27. The van der Waals surface area contributed by atoms with Gasteiger partial charge in [-0.15, -0.1) is 11.6 Å². The molecule has 1 amide bonds. The Morgan fingerprint density at radius 2 is 1.77 bits per heavy atom. The molecule has 9 heteroatoms. The Hall–Kier alpha value is -3.10. The van der Waals surface area contributed by atoms with Crippen molar-refractivity contribution in [3.63, 3.8) is 0 Å². The Kier molecular flexibility index (Phi) is 6.91. The van der Waals surface area contributed by atoms with E-state index in [4.69, 9.17) is 16.3 Å². The Morgan fingerprint density at radius 3 is 2.47 bits per heavy atom. The fourth-order valence-corrected chi connectivity index (χ4v) is 4.13. The molecule has 0 aliphatic heterocycles. The quantitative estimate of drug-likeness (QED) is 0.517. The van der Waals surface area contributed by atoms with Crippen molar-refractivity contribution >= 4 is 33.2 Å². The molecule has 0 spiro atoms. The van der Waals surface area contributed by atoms with E-state index < -0.39 is 15.9 Å². The number of anilines is 1. The summed E-state index contributed by atoms with van der Waals surface area (Å²) in [5, 5.41) is 2.75. The van der Waals surface area contributed by atoms with Crippen LogP contribution in [-0.4, -0.2) is 26.4 Å². The first-order chi connectivity index (χ1) is 14.4. The molecule has 0 saturated carbocycles. The topological polar surface area (TPSA) is 97.4 Å². The number of rotatable bonds is 8. The number of methoxy groups -OCH3 is 1. The number of carbonyl (C=O) groups excluding carboxylic acids is 1. The highest BCUT2D eigenvalue weighted by Crippen LogP contribution is 2.22. The van der Waals surface area contributed by atoms with Gasteiger partial charge in [-0.2, -0.15) is 0 Å². The number of nitrogens with one attached hydrogen (secondary N) is 2. The van der Waals surface area contributed by atoms with Crippen molar-refractivity contribution in [2.24, 2.45) is 0 Å². The molecular weight excluding hydrogens is 426 g/mol. The van der Waals surface area contributed by atoms with Gasteiger partial charge < -0.3 is 10.1 Å². The lowest BCUT2D eigenvalue weighted by molar-refractivity contribution is 0.0947. The highest BCUT2D eigenvalue weighted by Gasteiger charge is 2.22. The van der Waals surface area contributed by atoms with Crippen LogP contribution in [0.15, 0.2) is 71.9 Å². The molecule has 0 atom stereocenters. The molecule has 3 aromatic rings. The Labute approximate surface area is 180 Å². The number of halogens is 1. The second-order valence-electron chi connectivity index (χ2n) is 6.35. The van der Waals surface area contributed by atoms with Gasteiger partial charge in [0, 0.05) is 18.5 Å². The number of carbonyl (C=O) groups is 1. The van der Waals surface area contributed by atoms with Gasteiger partial charge in [-0.25, -0.2) is 8.42 Å². The number of pyridine rings is 1. The number of hydrogen-bond donors (Lipinski definition) is 2. The standard InChI is InChI=1S/C21H20ClN3O4S/c1-29-18-10-17(13-23-14-18)25-30(27,28)20-5-3-2-4-19(20)21(26)24-12-16-8-6-15(11-22)7-9-16/h2-10,13-14,25H,11-12H2,1H3,(H,24,26). The molecule has 3 rings (SSSR count). The van der Waals surface area contributed by atoms with Crippen LogP contribution in [0.5, 0.6) is 5.75 Å². The summed E-state index contributed by atoms with van der Waals surface area (Å²) in [6.07, 6.45) is 2.81. The molecule has 0 aliphatic carbocycles. The third kappa shape index (κ3) is 5.28. The van der Waals surface area contributed by atoms with Gasteiger partial charge >= 0.3 is 0 Å². The van der Waals surface area contributed by atoms with Crippen LogP contribution in [0.3, 0.4) is 0 Å². The van der Waals surface area contributed by atoms with E-state index in [1.807, 2.05) is 24.3 Å². The van der Waals surface area contributed by atoms with E-state index in [1.54, 1.807) is 12.1 Å². The lowest BCUT2D eigenvalue weighted by Gasteiger charge is -2.13. The molecule has 156 valence electrons. The van der Waals surface area contributed by atoms with Crippen LogP contribution in [0.2, 0.25) is 0 Å². The van der Waals surface area contributed by atoms with Gasteiger partial charge in [-0.3, -0.25) is 14.5 Å². The monoisotopic (exact) mass is 445 g/mol. The molecule has 30 heavy (non-hydrogen) atoms. The summed E-state index contributed by atoms with van der Waals surface area (Å²) in [6.45, 7) is 0.253. The summed E-state index contributed by atoms with van der Waals surface area (Å²) < 4.78 is 33.3. The largest absolute Gasteiger partial charge is 0.495 e. The molecule has 0 saturated heterocycles. The number of ether oxygens (including phenoxy) is 1. The third-order valence-corrected chi connectivity index (χ3v) is 6.00. The van der Waals surface area contributed by atoms with Gasteiger partial charge in [-0.05, 0) is 23.3 Å². The van der Waals surface area contributed by atoms with Crippen LogP contribution in [-0.2, 0) is 22.4 Å². The van der Waals surface area contributed by atoms with Crippen LogP contribution in [0.4, 0.5) is 5.69 Å². The van der Waals surface area contributed by atoms with Crippen molar-refractivity contribution in [2.75, 3.05) is 11.8 Å². The molecule has 0 radical (unpaired) electrons. The summed E-state index contributed by atoms with van der Waals surface area (Å²) in [6, 6.07) is 15.0. The zero-order chi connectivity index (χ0) is 21.6. The van der Waals surface area contributed by atoms with Crippen LogP contribution in [0.25, 0.3) is 0 Å². The molecule has 2 N–H and O–H groups in total. The number of benzene rings is 2. The molecule has 2 aromatic carbocycles. The predicted molar refractivity (Wildman–Crippen MR) is 115 cm³/mol. The van der Waals surface area contributed by atoms with E-state index in [0.717, 1.165) is 11.1 Å². The molecule has 1 heterocycles. The molecule has 0 aliphatic rings. The predicted octanol–water partition coefficient (Wildman–Crippen LogP) is 3.56. The molecular formula is C21H20ClN3O4S. The molecule has 0 fully saturated rings. The maximum Gasteiger partial charge on any atom is 0.262 e. The van der Waals surface area contributed by atoms with Crippen LogP contribution < -0.4 is 14.8 Å². The van der Waals surface area contributed by atoms with E-state index in [0.29, 0.717) is 11.6 Å². The number of hydrogen-bond acceptors (Lipinski definition) is 5. The SMILES string of the molecule is COc1cncc(NS(=O)(=O)c2ccccc2C(=O)NCc2ccc(CCl)cc2)c1. The second kappa shape index (κ2) is 9.60. The first-order valence-corrected chi connectivity index (χ1v) is 11.0. The minimum Gasteiger partial charge on any atom is -0.495 e. The minimum absolute atomic E-state index is 0.0400. The van der Waals surface area contributed by atoms with Crippen LogP contribution in [0.1, 0.15) is 21.5 Å².